The van der Waals surface area contributed by atoms with Crippen LogP contribution >= 0.6 is 11.8 Å². The standard InChI is InChI=1S/C6H10O3S/c1-10-6(9)4-2-3-5(7)8/h2-4H2,1H3,(H,7,8). The number of carbonyl (C=O) groups is 2. The molecule has 0 heterocycles. The van der Waals surface area contributed by atoms with Crippen molar-refractivity contribution in [1.82, 2.24) is 0 Å². The van der Waals surface area contributed by atoms with Gasteiger partial charge >= 0.3 is 5.97 Å². The monoisotopic (exact) mass is 162 g/mol. The molecule has 0 aliphatic rings. The second-order valence-electron chi connectivity index (χ2n) is 1.82. The first-order valence-electron chi connectivity index (χ1n) is 2.95. The zero-order chi connectivity index (χ0) is 7.98. The van der Waals surface area contributed by atoms with Gasteiger partial charge in [-0.25, -0.2) is 0 Å². The van der Waals surface area contributed by atoms with Crippen LogP contribution in [0.5, 0.6) is 0 Å². The molecular weight excluding hydrogens is 152 g/mol. The predicted octanol–water partition coefficient (Wildman–Crippen LogP) is 1.13. The maximum atomic E-state index is 10.6. The summed E-state index contributed by atoms with van der Waals surface area (Å²) in [6.07, 6.45) is 2.61. The highest BCUT2D eigenvalue weighted by Crippen LogP contribution is 2.04. The van der Waals surface area contributed by atoms with E-state index in [2.05, 4.69) is 0 Å². The molecule has 0 amide bonds. The Labute approximate surface area is 63.8 Å². The van der Waals surface area contributed by atoms with E-state index in [1.54, 1.807) is 6.26 Å². The summed E-state index contributed by atoms with van der Waals surface area (Å²) in [5.41, 5.74) is 0. The molecule has 0 unspecified atom stereocenters. The van der Waals surface area contributed by atoms with Crippen LogP contribution in [0.4, 0.5) is 0 Å². The van der Waals surface area contributed by atoms with Gasteiger partial charge in [0, 0.05) is 12.8 Å². The number of rotatable bonds is 4. The van der Waals surface area contributed by atoms with Gasteiger partial charge in [-0.3, -0.25) is 9.59 Å². The van der Waals surface area contributed by atoms with Crippen molar-refractivity contribution in [2.75, 3.05) is 6.26 Å². The third-order valence-corrected chi connectivity index (χ3v) is 1.66. The van der Waals surface area contributed by atoms with Crippen LogP contribution in [-0.2, 0) is 9.59 Å². The normalized spacial score (nSPS) is 9.30. The highest BCUT2D eigenvalue weighted by atomic mass is 32.2. The van der Waals surface area contributed by atoms with Crippen molar-refractivity contribution in [1.29, 1.82) is 0 Å². The molecule has 0 aliphatic heterocycles. The second kappa shape index (κ2) is 5.29. The summed E-state index contributed by atoms with van der Waals surface area (Å²) in [5.74, 6) is -0.839. The molecule has 0 aromatic carbocycles. The van der Waals surface area contributed by atoms with Gasteiger partial charge in [0.25, 0.3) is 0 Å². The Hall–Kier alpha value is -0.510. The van der Waals surface area contributed by atoms with Gasteiger partial charge in [0.15, 0.2) is 5.12 Å². The van der Waals surface area contributed by atoms with Gasteiger partial charge < -0.3 is 5.11 Å². The molecule has 0 aromatic rings. The van der Waals surface area contributed by atoms with Crippen LogP contribution in [0.1, 0.15) is 19.3 Å². The van der Waals surface area contributed by atoms with Crippen molar-refractivity contribution in [3.8, 4) is 0 Å². The minimum Gasteiger partial charge on any atom is -0.481 e. The first-order chi connectivity index (χ1) is 4.66. The molecule has 0 spiro atoms. The number of carbonyl (C=O) groups excluding carboxylic acids is 1. The smallest absolute Gasteiger partial charge is 0.303 e. The lowest BCUT2D eigenvalue weighted by Crippen LogP contribution is -1.96. The Bertz CT molecular complexity index is 133. The number of carboxylic acid groups (broad SMARTS) is 1. The van der Waals surface area contributed by atoms with E-state index < -0.39 is 5.97 Å². The highest BCUT2D eigenvalue weighted by Gasteiger charge is 2.01. The lowest BCUT2D eigenvalue weighted by atomic mass is 10.2. The summed E-state index contributed by atoms with van der Waals surface area (Å²) in [5, 5.41) is 8.24. The van der Waals surface area contributed by atoms with Crippen molar-refractivity contribution in [3.05, 3.63) is 0 Å². The Balaban J connectivity index is 3.20. The molecule has 0 radical (unpaired) electrons. The number of aliphatic carboxylic acids is 1. The molecule has 0 aliphatic carbocycles. The summed E-state index contributed by atoms with van der Waals surface area (Å²) in [6, 6.07) is 0. The lowest BCUT2D eigenvalue weighted by Gasteiger charge is -1.92. The quantitative estimate of drug-likeness (QED) is 0.673. The van der Waals surface area contributed by atoms with Gasteiger partial charge in [-0.1, -0.05) is 11.8 Å². The van der Waals surface area contributed by atoms with E-state index in [4.69, 9.17) is 5.11 Å². The van der Waals surface area contributed by atoms with Gasteiger partial charge in [0.05, 0.1) is 0 Å². The fourth-order valence-corrected chi connectivity index (χ4v) is 0.834. The van der Waals surface area contributed by atoms with E-state index in [9.17, 15) is 9.59 Å². The van der Waals surface area contributed by atoms with Crippen LogP contribution in [0, 0.1) is 0 Å². The number of hydrogen-bond donors (Lipinski definition) is 1. The number of carboxylic acids is 1. The van der Waals surface area contributed by atoms with Gasteiger partial charge in [0.2, 0.25) is 0 Å². The highest BCUT2D eigenvalue weighted by molar-refractivity contribution is 8.13. The van der Waals surface area contributed by atoms with Gasteiger partial charge in [0.1, 0.15) is 0 Å². The molecule has 10 heavy (non-hydrogen) atoms. The summed E-state index contributed by atoms with van der Waals surface area (Å²) in [7, 11) is 0. The number of thioether (sulfide) groups is 1. The van der Waals surface area contributed by atoms with Gasteiger partial charge in [-0.15, -0.1) is 0 Å². The molecule has 0 aromatic heterocycles. The Morgan fingerprint density at radius 1 is 1.40 bits per heavy atom. The zero-order valence-corrected chi connectivity index (χ0v) is 6.61. The van der Waals surface area contributed by atoms with Crippen molar-refractivity contribution in [2.24, 2.45) is 0 Å². The molecule has 3 nitrogen and oxygen atoms in total. The van der Waals surface area contributed by atoms with Crippen molar-refractivity contribution < 1.29 is 14.7 Å². The van der Waals surface area contributed by atoms with Crippen LogP contribution < -0.4 is 0 Å². The first-order valence-corrected chi connectivity index (χ1v) is 4.18. The molecule has 0 saturated heterocycles. The molecule has 1 N–H and O–H groups in total. The first kappa shape index (κ1) is 9.49. The summed E-state index contributed by atoms with van der Waals surface area (Å²) < 4.78 is 0. The third kappa shape index (κ3) is 5.62. The van der Waals surface area contributed by atoms with E-state index in [-0.39, 0.29) is 11.5 Å². The largest absolute Gasteiger partial charge is 0.481 e. The predicted molar refractivity (Wildman–Crippen MR) is 40.0 cm³/mol. The van der Waals surface area contributed by atoms with Crippen molar-refractivity contribution >= 4 is 22.8 Å². The SMILES string of the molecule is CSC(=O)CCCC(=O)O. The fraction of sp³-hybridized carbons (Fsp3) is 0.667. The molecule has 4 heteroatoms. The minimum atomic E-state index is -0.839. The average Bonchev–Trinajstić information content (AvgIpc) is 1.87. The average molecular weight is 162 g/mol. The Morgan fingerprint density at radius 2 is 2.00 bits per heavy atom. The van der Waals surface area contributed by atoms with E-state index in [0.29, 0.717) is 12.8 Å². The number of hydrogen-bond acceptors (Lipinski definition) is 3. The lowest BCUT2D eigenvalue weighted by molar-refractivity contribution is -0.137. The van der Waals surface area contributed by atoms with Gasteiger partial charge in [-0.05, 0) is 12.7 Å². The van der Waals surface area contributed by atoms with Crippen molar-refractivity contribution in [3.63, 3.8) is 0 Å². The zero-order valence-electron chi connectivity index (χ0n) is 5.79. The van der Waals surface area contributed by atoms with Crippen LogP contribution in [0.3, 0.4) is 0 Å². The van der Waals surface area contributed by atoms with Crippen LogP contribution in [-0.4, -0.2) is 22.4 Å². The maximum Gasteiger partial charge on any atom is 0.303 e. The second-order valence-corrected chi connectivity index (χ2v) is 2.69. The molecule has 0 bridgehead atoms. The van der Waals surface area contributed by atoms with E-state index in [1.165, 1.54) is 0 Å². The van der Waals surface area contributed by atoms with Crippen LogP contribution in [0.15, 0.2) is 0 Å². The Kier molecular flexibility index (Phi) is 5.02. The fourth-order valence-electron chi connectivity index (χ4n) is 0.486. The molecular formula is C6H10O3S. The van der Waals surface area contributed by atoms with Gasteiger partial charge in [-0.2, -0.15) is 0 Å². The minimum absolute atomic E-state index is 0.0567. The molecule has 58 valence electrons. The molecule has 0 atom stereocenters. The maximum absolute atomic E-state index is 10.6. The Morgan fingerprint density at radius 3 is 2.40 bits per heavy atom. The molecule has 0 fully saturated rings. The summed E-state index contributed by atoms with van der Waals surface area (Å²) in [6.45, 7) is 0. The summed E-state index contributed by atoms with van der Waals surface area (Å²) >= 11 is 1.14. The topological polar surface area (TPSA) is 54.4 Å². The molecule has 0 saturated carbocycles. The summed E-state index contributed by atoms with van der Waals surface area (Å²) in [4.78, 5) is 20.5. The van der Waals surface area contributed by atoms with E-state index in [0.717, 1.165) is 11.8 Å². The van der Waals surface area contributed by atoms with Crippen LogP contribution in [0.2, 0.25) is 0 Å². The van der Waals surface area contributed by atoms with E-state index >= 15 is 0 Å². The third-order valence-electron chi connectivity index (χ3n) is 0.999. The van der Waals surface area contributed by atoms with Crippen molar-refractivity contribution in [2.45, 2.75) is 19.3 Å². The van der Waals surface area contributed by atoms with E-state index in [1.807, 2.05) is 0 Å². The molecule has 0 rings (SSSR count). The van der Waals surface area contributed by atoms with Crippen LogP contribution in [0.25, 0.3) is 0 Å².